The van der Waals surface area contributed by atoms with Gasteiger partial charge in [-0.2, -0.15) is 0 Å². The SMILES string of the molecule is C=CC[N+](C)(C)C.CCCCO.[Br-]. The minimum atomic E-state index is 0. The predicted octanol–water partition coefficient (Wildman–Crippen LogP) is -1.34. The number of hydrogen-bond donors (Lipinski definition) is 1. The van der Waals surface area contributed by atoms with Gasteiger partial charge in [0.15, 0.2) is 0 Å². The molecule has 2 nitrogen and oxygen atoms in total. The summed E-state index contributed by atoms with van der Waals surface area (Å²) in [5, 5.41) is 8.07. The van der Waals surface area contributed by atoms with Crippen molar-refractivity contribution in [1.82, 2.24) is 0 Å². The topological polar surface area (TPSA) is 20.2 Å². The van der Waals surface area contributed by atoms with Crippen molar-refractivity contribution in [3.63, 3.8) is 0 Å². The smallest absolute Gasteiger partial charge is 0.0964 e. The van der Waals surface area contributed by atoms with Crippen LogP contribution in [0.5, 0.6) is 0 Å². The number of aliphatic hydroxyl groups is 1. The number of halogens is 1. The molecule has 82 valence electrons. The van der Waals surface area contributed by atoms with Crippen molar-refractivity contribution < 1.29 is 26.6 Å². The molecule has 0 saturated carbocycles. The molecule has 0 aromatic heterocycles. The Morgan fingerprint density at radius 1 is 1.31 bits per heavy atom. The Hall–Kier alpha value is 0.140. The molecule has 0 aliphatic heterocycles. The predicted molar refractivity (Wildman–Crippen MR) is 55.1 cm³/mol. The second kappa shape index (κ2) is 12.1. The molecule has 3 heteroatoms. The highest BCUT2D eigenvalue weighted by atomic mass is 79.9. The molecule has 0 atom stereocenters. The minimum Gasteiger partial charge on any atom is -1.00 e. The monoisotopic (exact) mass is 253 g/mol. The Bertz CT molecular complexity index is 97.6. The Morgan fingerprint density at radius 3 is 1.77 bits per heavy atom. The highest BCUT2D eigenvalue weighted by Gasteiger charge is 1.99. The summed E-state index contributed by atoms with van der Waals surface area (Å²) >= 11 is 0. The Balaban J connectivity index is -0.000000150. The van der Waals surface area contributed by atoms with E-state index in [1.807, 2.05) is 6.08 Å². The van der Waals surface area contributed by atoms with E-state index in [-0.39, 0.29) is 17.0 Å². The maximum atomic E-state index is 8.07. The normalized spacial score (nSPS) is 9.31. The standard InChI is InChI=1S/C6H14N.C4H10O.BrH/c1-5-6-7(2,3)4;1-2-3-4-5;/h5H,1,6H2,2-4H3;5H,2-4H2,1H3;1H/q+1;;/p-1. The van der Waals surface area contributed by atoms with Crippen molar-refractivity contribution in [1.29, 1.82) is 0 Å². The van der Waals surface area contributed by atoms with Gasteiger partial charge in [0.25, 0.3) is 0 Å². The van der Waals surface area contributed by atoms with E-state index >= 15 is 0 Å². The summed E-state index contributed by atoms with van der Waals surface area (Å²) in [6.45, 7) is 7.07. The molecular formula is C10H24BrNO. The third-order valence-corrected chi connectivity index (χ3v) is 1.19. The molecule has 0 spiro atoms. The number of rotatable bonds is 4. The average molecular weight is 254 g/mol. The molecule has 0 heterocycles. The van der Waals surface area contributed by atoms with Gasteiger partial charge in [-0.3, -0.25) is 0 Å². The average Bonchev–Trinajstić information content (AvgIpc) is 1.87. The van der Waals surface area contributed by atoms with Crippen molar-refractivity contribution in [2.75, 3.05) is 34.3 Å². The van der Waals surface area contributed by atoms with Gasteiger partial charge in [-0.1, -0.05) is 19.9 Å². The number of quaternary nitrogens is 1. The van der Waals surface area contributed by atoms with Gasteiger partial charge in [-0.15, -0.1) is 0 Å². The number of likely N-dealkylation sites (N-methyl/N-ethyl adjacent to an activating group) is 1. The van der Waals surface area contributed by atoms with E-state index in [0.717, 1.165) is 23.9 Å². The summed E-state index contributed by atoms with van der Waals surface area (Å²) in [5.41, 5.74) is 0. The molecule has 0 amide bonds. The van der Waals surface area contributed by atoms with Crippen molar-refractivity contribution in [2.45, 2.75) is 19.8 Å². The van der Waals surface area contributed by atoms with Crippen LogP contribution in [-0.4, -0.2) is 43.9 Å². The molecule has 0 unspecified atom stereocenters. The zero-order valence-corrected chi connectivity index (χ0v) is 11.0. The number of aliphatic hydroxyl groups excluding tert-OH is 1. The Morgan fingerprint density at radius 2 is 1.77 bits per heavy atom. The first kappa shape index (κ1) is 18.8. The molecule has 13 heavy (non-hydrogen) atoms. The van der Waals surface area contributed by atoms with Crippen LogP contribution in [0.1, 0.15) is 19.8 Å². The molecule has 0 aliphatic rings. The fourth-order valence-corrected chi connectivity index (χ4v) is 0.545. The van der Waals surface area contributed by atoms with Gasteiger partial charge >= 0.3 is 0 Å². The molecule has 1 N–H and O–H groups in total. The second-order valence-corrected chi connectivity index (χ2v) is 3.84. The minimum absolute atomic E-state index is 0. The molecular weight excluding hydrogens is 230 g/mol. The fraction of sp³-hybridized carbons (Fsp3) is 0.800. The molecule has 0 aromatic carbocycles. The van der Waals surface area contributed by atoms with Crippen LogP contribution in [0.4, 0.5) is 0 Å². The maximum Gasteiger partial charge on any atom is 0.0964 e. The van der Waals surface area contributed by atoms with Crippen molar-refractivity contribution in [2.24, 2.45) is 0 Å². The Labute approximate surface area is 93.6 Å². The van der Waals surface area contributed by atoms with Gasteiger partial charge < -0.3 is 26.6 Å². The first-order chi connectivity index (χ1) is 5.47. The zero-order valence-electron chi connectivity index (χ0n) is 9.39. The maximum absolute atomic E-state index is 8.07. The van der Waals surface area contributed by atoms with E-state index in [1.165, 1.54) is 0 Å². The van der Waals surface area contributed by atoms with Crippen molar-refractivity contribution in [3.05, 3.63) is 12.7 Å². The lowest BCUT2D eigenvalue weighted by Crippen LogP contribution is -3.00. The largest absolute Gasteiger partial charge is 1.00 e. The van der Waals surface area contributed by atoms with E-state index < -0.39 is 0 Å². The Kier molecular flexibility index (Phi) is 17.6. The van der Waals surface area contributed by atoms with Crippen LogP contribution in [-0.2, 0) is 0 Å². The van der Waals surface area contributed by atoms with Gasteiger partial charge in [0.05, 0.1) is 27.7 Å². The van der Waals surface area contributed by atoms with Crippen LogP contribution in [0.3, 0.4) is 0 Å². The quantitative estimate of drug-likeness (QED) is 0.486. The molecule has 0 radical (unpaired) electrons. The molecule has 0 aromatic rings. The van der Waals surface area contributed by atoms with Crippen LogP contribution in [0.2, 0.25) is 0 Å². The van der Waals surface area contributed by atoms with Gasteiger partial charge in [0.2, 0.25) is 0 Å². The first-order valence-electron chi connectivity index (χ1n) is 4.50. The molecule has 0 saturated heterocycles. The molecule has 0 aliphatic carbocycles. The van der Waals surface area contributed by atoms with E-state index in [2.05, 4.69) is 34.6 Å². The van der Waals surface area contributed by atoms with Crippen molar-refractivity contribution in [3.8, 4) is 0 Å². The summed E-state index contributed by atoms with van der Waals surface area (Å²) in [6.07, 6.45) is 3.97. The third kappa shape index (κ3) is 33.1. The zero-order chi connectivity index (χ0) is 10.0. The van der Waals surface area contributed by atoms with Crippen LogP contribution in [0.15, 0.2) is 12.7 Å². The summed E-state index contributed by atoms with van der Waals surface area (Å²) in [7, 11) is 6.42. The van der Waals surface area contributed by atoms with E-state index in [4.69, 9.17) is 5.11 Å². The second-order valence-electron chi connectivity index (χ2n) is 3.84. The van der Waals surface area contributed by atoms with Gasteiger partial charge in [-0.05, 0) is 12.5 Å². The highest BCUT2D eigenvalue weighted by Crippen LogP contribution is 1.86. The van der Waals surface area contributed by atoms with E-state index in [1.54, 1.807) is 0 Å². The number of unbranched alkanes of at least 4 members (excludes halogenated alkanes) is 1. The fourth-order valence-electron chi connectivity index (χ4n) is 0.545. The summed E-state index contributed by atoms with van der Waals surface area (Å²) in [5.74, 6) is 0. The summed E-state index contributed by atoms with van der Waals surface area (Å²) in [4.78, 5) is 0. The van der Waals surface area contributed by atoms with Gasteiger partial charge in [-0.25, -0.2) is 0 Å². The lowest BCUT2D eigenvalue weighted by atomic mass is 10.4. The summed E-state index contributed by atoms with van der Waals surface area (Å²) in [6, 6.07) is 0. The number of hydrogen-bond acceptors (Lipinski definition) is 1. The van der Waals surface area contributed by atoms with Crippen molar-refractivity contribution >= 4 is 0 Å². The van der Waals surface area contributed by atoms with E-state index in [9.17, 15) is 0 Å². The third-order valence-electron chi connectivity index (χ3n) is 1.19. The van der Waals surface area contributed by atoms with E-state index in [0.29, 0.717) is 6.61 Å². The van der Waals surface area contributed by atoms with Crippen LogP contribution < -0.4 is 17.0 Å². The number of nitrogens with zero attached hydrogens (tertiary/aromatic N) is 1. The molecule has 0 rings (SSSR count). The summed E-state index contributed by atoms with van der Waals surface area (Å²) < 4.78 is 0.976. The van der Waals surface area contributed by atoms with Gasteiger partial charge in [0.1, 0.15) is 0 Å². The lowest BCUT2D eigenvalue weighted by Gasteiger charge is -2.21. The highest BCUT2D eigenvalue weighted by molar-refractivity contribution is 4.63. The molecule has 0 bridgehead atoms. The molecule has 0 fully saturated rings. The van der Waals surface area contributed by atoms with Crippen LogP contribution in [0.25, 0.3) is 0 Å². The van der Waals surface area contributed by atoms with Crippen LogP contribution >= 0.6 is 0 Å². The van der Waals surface area contributed by atoms with Crippen LogP contribution in [0, 0.1) is 0 Å². The van der Waals surface area contributed by atoms with Gasteiger partial charge in [0, 0.05) is 6.61 Å². The first-order valence-corrected chi connectivity index (χ1v) is 4.50. The lowest BCUT2D eigenvalue weighted by molar-refractivity contribution is -0.864.